The van der Waals surface area contributed by atoms with Crippen LogP contribution in [0.5, 0.6) is 5.75 Å². The van der Waals surface area contributed by atoms with Gasteiger partial charge in [0.05, 0.1) is 12.2 Å². The Hall–Kier alpha value is -1.75. The van der Waals surface area contributed by atoms with E-state index in [1.807, 2.05) is 18.2 Å². The molecule has 0 saturated heterocycles. The van der Waals surface area contributed by atoms with Crippen molar-refractivity contribution in [1.29, 1.82) is 0 Å². The van der Waals surface area contributed by atoms with Gasteiger partial charge in [0.1, 0.15) is 5.75 Å². The Morgan fingerprint density at radius 1 is 1.57 bits per heavy atom. The number of hydrazine groups is 1. The molecule has 1 unspecified atom stereocenters. The SMILES string of the molecule is NNC(=O)C1CNc2ccccc2O1. The third-order valence-corrected chi connectivity index (χ3v) is 2.07. The van der Waals surface area contributed by atoms with Crippen molar-refractivity contribution in [1.82, 2.24) is 5.43 Å². The standard InChI is InChI=1S/C9H11N3O2/c10-12-9(13)8-5-11-6-3-1-2-4-7(6)14-8/h1-4,8,11H,5,10H2,(H,12,13). The first-order valence-corrected chi connectivity index (χ1v) is 4.31. The average molecular weight is 193 g/mol. The van der Waals surface area contributed by atoms with Gasteiger partial charge in [0.25, 0.3) is 5.91 Å². The molecule has 4 N–H and O–H groups in total. The second kappa shape index (κ2) is 3.55. The summed E-state index contributed by atoms with van der Waals surface area (Å²) in [5, 5.41) is 3.09. The number of amides is 1. The van der Waals surface area contributed by atoms with E-state index >= 15 is 0 Å². The van der Waals surface area contributed by atoms with Crippen LogP contribution in [-0.2, 0) is 4.79 Å². The molecule has 0 aliphatic carbocycles. The van der Waals surface area contributed by atoms with Gasteiger partial charge in [-0.2, -0.15) is 0 Å². The van der Waals surface area contributed by atoms with E-state index in [2.05, 4.69) is 10.7 Å². The molecular formula is C9H11N3O2. The van der Waals surface area contributed by atoms with E-state index in [-0.39, 0.29) is 5.91 Å². The molecule has 0 saturated carbocycles. The van der Waals surface area contributed by atoms with Crippen LogP contribution in [-0.4, -0.2) is 18.6 Å². The molecule has 1 aromatic rings. The fourth-order valence-corrected chi connectivity index (χ4v) is 1.35. The number of hydrogen-bond acceptors (Lipinski definition) is 4. The predicted octanol–water partition coefficient (Wildman–Crippen LogP) is -0.151. The van der Waals surface area contributed by atoms with Gasteiger partial charge in [-0.15, -0.1) is 0 Å². The molecule has 14 heavy (non-hydrogen) atoms. The van der Waals surface area contributed by atoms with Gasteiger partial charge in [-0.1, -0.05) is 12.1 Å². The van der Waals surface area contributed by atoms with Crippen molar-refractivity contribution in [2.45, 2.75) is 6.10 Å². The Kier molecular flexibility index (Phi) is 2.24. The summed E-state index contributed by atoms with van der Waals surface area (Å²) in [6.45, 7) is 0.431. The lowest BCUT2D eigenvalue weighted by atomic mass is 10.2. The van der Waals surface area contributed by atoms with E-state index < -0.39 is 6.10 Å². The Labute approximate surface area is 81.2 Å². The molecule has 5 nitrogen and oxygen atoms in total. The van der Waals surface area contributed by atoms with E-state index in [9.17, 15) is 4.79 Å². The molecule has 0 spiro atoms. The maximum Gasteiger partial charge on any atom is 0.276 e. The van der Waals surface area contributed by atoms with Crippen LogP contribution >= 0.6 is 0 Å². The van der Waals surface area contributed by atoms with Crippen LogP contribution in [0.3, 0.4) is 0 Å². The van der Waals surface area contributed by atoms with Crippen LogP contribution in [0.4, 0.5) is 5.69 Å². The number of nitrogens with one attached hydrogen (secondary N) is 2. The maximum atomic E-state index is 11.2. The number of fused-ring (bicyclic) bond motifs is 1. The van der Waals surface area contributed by atoms with Crippen molar-refractivity contribution in [3.8, 4) is 5.75 Å². The number of rotatable bonds is 1. The summed E-state index contributed by atoms with van der Waals surface area (Å²) in [5.41, 5.74) is 2.96. The zero-order valence-electron chi connectivity index (χ0n) is 7.49. The molecule has 1 amide bonds. The monoisotopic (exact) mass is 193 g/mol. The number of nitrogens with two attached hydrogens (primary N) is 1. The van der Waals surface area contributed by atoms with Crippen molar-refractivity contribution >= 4 is 11.6 Å². The van der Waals surface area contributed by atoms with Gasteiger partial charge in [0.15, 0.2) is 6.10 Å². The molecule has 0 radical (unpaired) electrons. The number of carbonyl (C=O) groups excluding carboxylic acids is 1. The van der Waals surface area contributed by atoms with Gasteiger partial charge in [0.2, 0.25) is 0 Å². The number of para-hydroxylation sites is 2. The first-order valence-electron chi connectivity index (χ1n) is 4.31. The smallest absolute Gasteiger partial charge is 0.276 e. The Balaban J connectivity index is 2.17. The number of carbonyl (C=O) groups is 1. The lowest BCUT2D eigenvalue weighted by Gasteiger charge is -2.25. The molecule has 2 rings (SSSR count). The molecule has 1 heterocycles. The summed E-state index contributed by atoms with van der Waals surface area (Å²) in [7, 11) is 0. The second-order valence-electron chi connectivity index (χ2n) is 2.99. The molecule has 0 aromatic heterocycles. The highest BCUT2D eigenvalue weighted by Gasteiger charge is 2.24. The predicted molar refractivity (Wildman–Crippen MR) is 51.7 cm³/mol. The maximum absolute atomic E-state index is 11.2. The molecule has 1 aliphatic heterocycles. The van der Waals surface area contributed by atoms with Crippen LogP contribution in [0.1, 0.15) is 0 Å². The summed E-state index contributed by atoms with van der Waals surface area (Å²) in [4.78, 5) is 11.2. The average Bonchev–Trinajstić information content (AvgIpc) is 2.27. The largest absolute Gasteiger partial charge is 0.476 e. The second-order valence-corrected chi connectivity index (χ2v) is 2.99. The Morgan fingerprint density at radius 2 is 2.36 bits per heavy atom. The van der Waals surface area contributed by atoms with E-state index in [1.54, 1.807) is 6.07 Å². The van der Waals surface area contributed by atoms with E-state index in [1.165, 1.54) is 0 Å². The van der Waals surface area contributed by atoms with Crippen molar-refractivity contribution in [3.05, 3.63) is 24.3 Å². The lowest BCUT2D eigenvalue weighted by Crippen LogP contribution is -2.47. The Morgan fingerprint density at radius 3 is 3.14 bits per heavy atom. The van der Waals surface area contributed by atoms with Gasteiger partial charge in [-0.05, 0) is 12.1 Å². The third kappa shape index (κ3) is 1.49. The van der Waals surface area contributed by atoms with Crippen molar-refractivity contribution < 1.29 is 9.53 Å². The molecule has 74 valence electrons. The van der Waals surface area contributed by atoms with Crippen molar-refractivity contribution in [3.63, 3.8) is 0 Å². The normalized spacial score (nSPS) is 18.8. The van der Waals surface area contributed by atoms with Gasteiger partial charge < -0.3 is 10.1 Å². The molecule has 1 aromatic carbocycles. The van der Waals surface area contributed by atoms with Crippen LogP contribution in [0.2, 0.25) is 0 Å². The lowest BCUT2D eigenvalue weighted by molar-refractivity contribution is -0.127. The van der Waals surface area contributed by atoms with Crippen molar-refractivity contribution in [2.24, 2.45) is 5.84 Å². The molecule has 5 heteroatoms. The van der Waals surface area contributed by atoms with E-state index in [0.29, 0.717) is 12.3 Å². The minimum Gasteiger partial charge on any atom is -0.476 e. The topological polar surface area (TPSA) is 76.4 Å². The minimum absolute atomic E-state index is 0.327. The molecule has 0 bridgehead atoms. The third-order valence-electron chi connectivity index (χ3n) is 2.07. The van der Waals surface area contributed by atoms with Crippen LogP contribution in [0, 0.1) is 0 Å². The molecule has 1 aliphatic rings. The van der Waals surface area contributed by atoms with Gasteiger partial charge >= 0.3 is 0 Å². The highest BCUT2D eigenvalue weighted by molar-refractivity contribution is 5.82. The first-order chi connectivity index (χ1) is 6.81. The van der Waals surface area contributed by atoms with Crippen molar-refractivity contribution in [2.75, 3.05) is 11.9 Å². The van der Waals surface area contributed by atoms with Crippen LogP contribution < -0.4 is 21.3 Å². The number of ether oxygens (including phenoxy) is 1. The molecular weight excluding hydrogens is 182 g/mol. The molecule has 1 atom stereocenters. The number of benzene rings is 1. The highest BCUT2D eigenvalue weighted by atomic mass is 16.5. The summed E-state index contributed by atoms with van der Waals surface area (Å²) in [6, 6.07) is 7.45. The quantitative estimate of drug-likeness (QED) is 0.329. The van der Waals surface area contributed by atoms with Gasteiger partial charge in [-0.3, -0.25) is 10.2 Å². The minimum atomic E-state index is -0.560. The van der Waals surface area contributed by atoms with Gasteiger partial charge in [0, 0.05) is 0 Å². The van der Waals surface area contributed by atoms with Crippen LogP contribution in [0.25, 0.3) is 0 Å². The summed E-state index contributed by atoms with van der Waals surface area (Å²) < 4.78 is 5.43. The highest BCUT2D eigenvalue weighted by Crippen LogP contribution is 2.27. The number of hydrogen-bond donors (Lipinski definition) is 3. The fraction of sp³-hybridized carbons (Fsp3) is 0.222. The zero-order valence-corrected chi connectivity index (χ0v) is 7.49. The number of anilines is 1. The van der Waals surface area contributed by atoms with E-state index in [0.717, 1.165) is 5.69 Å². The molecule has 0 fully saturated rings. The summed E-state index contributed by atoms with van der Waals surface area (Å²) in [5.74, 6) is 5.36. The summed E-state index contributed by atoms with van der Waals surface area (Å²) >= 11 is 0. The Bertz CT molecular complexity index is 354. The fourth-order valence-electron chi connectivity index (χ4n) is 1.35. The first kappa shape index (κ1) is 8.83. The van der Waals surface area contributed by atoms with E-state index in [4.69, 9.17) is 10.6 Å². The zero-order chi connectivity index (χ0) is 9.97. The van der Waals surface area contributed by atoms with Gasteiger partial charge in [-0.25, -0.2) is 5.84 Å². The summed E-state index contributed by atoms with van der Waals surface area (Å²) in [6.07, 6.45) is -0.560. The van der Waals surface area contributed by atoms with Crippen LogP contribution in [0.15, 0.2) is 24.3 Å².